The monoisotopic (exact) mass is 619 g/mol. The Hall–Kier alpha value is -3.56. The number of carbonyl (C=O) groups is 1. The second-order valence-electron chi connectivity index (χ2n) is 12.9. The van der Waals surface area contributed by atoms with Gasteiger partial charge in [0.15, 0.2) is 11.5 Å². The van der Waals surface area contributed by atoms with E-state index in [0.29, 0.717) is 59.6 Å². The lowest BCUT2D eigenvalue weighted by molar-refractivity contribution is -0.137. The van der Waals surface area contributed by atoms with Crippen LogP contribution in [0.5, 0.6) is 11.5 Å². The predicted octanol–water partition coefficient (Wildman–Crippen LogP) is 7.01. The van der Waals surface area contributed by atoms with Crippen LogP contribution in [0.1, 0.15) is 72.0 Å². The number of hydrogen-bond acceptors (Lipinski definition) is 5. The molecule has 45 heavy (non-hydrogen) atoms. The quantitative estimate of drug-likeness (QED) is 0.308. The molecule has 238 valence electrons. The number of piperidine rings is 2. The van der Waals surface area contributed by atoms with E-state index in [1.54, 1.807) is 12.1 Å². The number of rotatable bonds is 7. The van der Waals surface area contributed by atoms with Crippen molar-refractivity contribution < 1.29 is 27.4 Å². The number of nitrogens with one attached hydrogen (secondary N) is 1. The summed E-state index contributed by atoms with van der Waals surface area (Å²) in [5, 5.41) is 3.31. The average Bonchev–Trinajstić information content (AvgIpc) is 3.85. The minimum atomic E-state index is -4.49. The zero-order valence-electron chi connectivity index (χ0n) is 25.5. The maximum absolute atomic E-state index is 14.4. The maximum atomic E-state index is 14.4. The van der Waals surface area contributed by atoms with E-state index in [4.69, 9.17) is 9.47 Å². The summed E-state index contributed by atoms with van der Waals surface area (Å²) >= 11 is 0. The molecule has 1 N–H and O–H groups in total. The molecule has 3 aromatic carbocycles. The number of nitrogens with zero attached hydrogens (tertiary/aromatic N) is 2. The van der Waals surface area contributed by atoms with Gasteiger partial charge in [0.25, 0.3) is 5.91 Å². The van der Waals surface area contributed by atoms with Crippen LogP contribution in [-0.2, 0) is 18.3 Å². The Kier molecular flexibility index (Phi) is 8.25. The molecule has 6 nitrogen and oxygen atoms in total. The van der Waals surface area contributed by atoms with Crippen molar-refractivity contribution in [3.05, 3.63) is 82.9 Å². The minimum absolute atomic E-state index is 0.287. The zero-order chi connectivity index (χ0) is 31.0. The number of carbonyl (C=O) groups excluding carboxylic acids is 1. The fourth-order valence-electron chi connectivity index (χ4n) is 7.35. The first-order valence-corrected chi connectivity index (χ1v) is 16.3. The summed E-state index contributed by atoms with van der Waals surface area (Å²) in [6.07, 6.45) is 3.00. The highest BCUT2D eigenvalue weighted by Gasteiger charge is 2.46. The Bertz CT molecular complexity index is 1530. The molecule has 0 atom stereocenters. The molecular weight excluding hydrogens is 579 g/mol. The van der Waals surface area contributed by atoms with Crippen LogP contribution < -0.4 is 14.8 Å². The van der Waals surface area contributed by atoms with Gasteiger partial charge in [-0.2, -0.15) is 13.2 Å². The van der Waals surface area contributed by atoms with Crippen molar-refractivity contribution in [1.29, 1.82) is 0 Å². The van der Waals surface area contributed by atoms with Crippen molar-refractivity contribution in [3.63, 3.8) is 0 Å². The smallest absolute Gasteiger partial charge is 0.416 e. The molecule has 4 aliphatic rings. The highest BCUT2D eigenvalue weighted by molar-refractivity contribution is 6.02. The highest BCUT2D eigenvalue weighted by atomic mass is 19.4. The molecular formula is C36H40F3N3O3. The molecule has 0 spiro atoms. The van der Waals surface area contributed by atoms with E-state index in [9.17, 15) is 18.0 Å². The van der Waals surface area contributed by atoms with E-state index in [0.717, 1.165) is 63.5 Å². The van der Waals surface area contributed by atoms with E-state index in [-0.39, 0.29) is 5.91 Å². The second-order valence-corrected chi connectivity index (χ2v) is 12.9. The summed E-state index contributed by atoms with van der Waals surface area (Å²) in [5.41, 5.74) is 1.85. The van der Waals surface area contributed by atoms with Gasteiger partial charge in [-0.25, -0.2) is 0 Å². The third kappa shape index (κ3) is 6.29. The van der Waals surface area contributed by atoms with E-state index < -0.39 is 17.3 Å². The topological polar surface area (TPSA) is 54.0 Å². The summed E-state index contributed by atoms with van der Waals surface area (Å²) in [6, 6.07) is 17.6. The fraction of sp³-hybridized carbons (Fsp3) is 0.472. The van der Waals surface area contributed by atoms with Crippen molar-refractivity contribution in [2.45, 2.75) is 69.2 Å². The van der Waals surface area contributed by atoms with E-state index in [1.165, 1.54) is 31.4 Å². The Balaban J connectivity index is 1.28. The molecule has 3 aliphatic heterocycles. The van der Waals surface area contributed by atoms with E-state index in [2.05, 4.69) is 15.1 Å². The summed E-state index contributed by atoms with van der Waals surface area (Å²) in [5.74, 6) is 0.470. The normalized spacial score (nSPS) is 20.5. The Morgan fingerprint density at radius 1 is 0.889 bits per heavy atom. The van der Waals surface area contributed by atoms with Gasteiger partial charge in [0.2, 0.25) is 0 Å². The second kappa shape index (κ2) is 12.3. The van der Waals surface area contributed by atoms with Gasteiger partial charge in [0.05, 0.1) is 16.7 Å². The van der Waals surface area contributed by atoms with Gasteiger partial charge in [-0.1, -0.05) is 48.9 Å². The Morgan fingerprint density at radius 2 is 1.62 bits per heavy atom. The van der Waals surface area contributed by atoms with Crippen LogP contribution in [0.3, 0.4) is 0 Å². The summed E-state index contributed by atoms with van der Waals surface area (Å²) < 4.78 is 53.7. The largest absolute Gasteiger partial charge is 0.486 e. The van der Waals surface area contributed by atoms with Crippen LogP contribution in [-0.4, -0.2) is 61.1 Å². The molecule has 9 heteroatoms. The van der Waals surface area contributed by atoms with Gasteiger partial charge in [-0.15, -0.1) is 0 Å². The summed E-state index contributed by atoms with van der Waals surface area (Å²) in [4.78, 5) is 19.4. The lowest BCUT2D eigenvalue weighted by Gasteiger charge is -2.40. The van der Waals surface area contributed by atoms with Crippen molar-refractivity contribution >= 4 is 5.91 Å². The van der Waals surface area contributed by atoms with Crippen molar-refractivity contribution in [1.82, 2.24) is 15.1 Å². The maximum Gasteiger partial charge on any atom is 0.416 e. The van der Waals surface area contributed by atoms with Crippen molar-refractivity contribution in [2.24, 2.45) is 0 Å². The third-order valence-electron chi connectivity index (χ3n) is 9.94. The lowest BCUT2D eigenvalue weighted by atomic mass is 9.90. The number of halogens is 3. The first-order chi connectivity index (χ1) is 21.8. The van der Waals surface area contributed by atoms with Crippen LogP contribution in [0.2, 0.25) is 0 Å². The van der Waals surface area contributed by atoms with Crippen molar-refractivity contribution in [3.8, 4) is 22.6 Å². The van der Waals surface area contributed by atoms with Gasteiger partial charge in [-0.3, -0.25) is 9.69 Å². The number of alkyl halides is 3. The molecule has 0 bridgehead atoms. The summed E-state index contributed by atoms with van der Waals surface area (Å²) in [7, 11) is 0. The molecule has 3 fully saturated rings. The summed E-state index contributed by atoms with van der Waals surface area (Å²) in [6.45, 7) is 5.03. The Morgan fingerprint density at radius 3 is 2.33 bits per heavy atom. The average molecular weight is 620 g/mol. The third-order valence-corrected chi connectivity index (χ3v) is 9.94. The van der Waals surface area contributed by atoms with Crippen LogP contribution >= 0.6 is 0 Å². The first kappa shape index (κ1) is 30.1. The number of benzene rings is 3. The number of likely N-dealkylation sites (tertiary alicyclic amines) is 2. The SMILES string of the molecule is O=C(NC1(c2ccccc2)CC1)c1c(CN2CCC(N3CCCCC3)CC2)c(-c2cccc(C(F)(F)F)c2)cc2c1OCCO2. The Labute approximate surface area is 262 Å². The molecule has 0 aromatic heterocycles. The van der Waals surface area contributed by atoms with Crippen LogP contribution in [0.4, 0.5) is 13.2 Å². The molecule has 1 amide bonds. The molecule has 1 saturated carbocycles. The van der Waals surface area contributed by atoms with Crippen LogP contribution in [0, 0.1) is 0 Å². The molecule has 0 unspecified atom stereocenters. The van der Waals surface area contributed by atoms with Gasteiger partial charge in [0.1, 0.15) is 13.2 Å². The molecule has 3 heterocycles. The molecule has 2 saturated heterocycles. The van der Waals surface area contributed by atoms with E-state index >= 15 is 0 Å². The zero-order valence-corrected chi connectivity index (χ0v) is 25.5. The van der Waals surface area contributed by atoms with Crippen molar-refractivity contribution in [2.75, 3.05) is 39.4 Å². The van der Waals surface area contributed by atoms with Crippen LogP contribution in [0.15, 0.2) is 60.7 Å². The number of fused-ring (bicyclic) bond motifs is 1. The molecule has 7 rings (SSSR count). The van der Waals surface area contributed by atoms with E-state index in [1.807, 2.05) is 30.3 Å². The molecule has 3 aromatic rings. The van der Waals surface area contributed by atoms with Gasteiger partial charge >= 0.3 is 6.18 Å². The number of hydrogen-bond donors (Lipinski definition) is 1. The number of amides is 1. The first-order valence-electron chi connectivity index (χ1n) is 16.3. The number of ether oxygens (including phenoxy) is 2. The van der Waals surface area contributed by atoms with Gasteiger partial charge in [-0.05, 0) is 105 Å². The fourth-order valence-corrected chi connectivity index (χ4v) is 7.35. The molecule has 0 radical (unpaired) electrons. The van der Waals surface area contributed by atoms with Gasteiger partial charge < -0.3 is 19.7 Å². The lowest BCUT2D eigenvalue weighted by Crippen LogP contribution is -2.46. The van der Waals surface area contributed by atoms with Crippen LogP contribution in [0.25, 0.3) is 11.1 Å². The molecule has 1 aliphatic carbocycles. The predicted molar refractivity (Wildman–Crippen MR) is 166 cm³/mol. The highest BCUT2D eigenvalue weighted by Crippen LogP contribution is 2.48. The van der Waals surface area contributed by atoms with Gasteiger partial charge in [0, 0.05) is 12.6 Å². The standard InChI is InChI=1S/C36H40F3N3O3/c37-36(38,39)27-11-7-8-25(22-27)29-23-31-33(45-21-20-44-31)32(34(43)40-35(14-15-35)26-9-3-1-4-10-26)30(29)24-41-18-12-28(13-19-41)42-16-5-2-6-17-42/h1,3-4,7-11,22-23,28H,2,5-6,12-21,24H2,(H,40,43). The minimum Gasteiger partial charge on any atom is -0.486 e.